The Morgan fingerprint density at radius 2 is 0.462 bits per heavy atom. The van der Waals surface area contributed by atoms with Gasteiger partial charge in [-0.05, 0) is 330 Å². The third-order valence-electron chi connectivity index (χ3n) is 22.5. The fourth-order valence-electron chi connectivity index (χ4n) is 13.0. The average molecular weight is 1910 g/mol. The molecule has 28 nitrogen and oxygen atoms in total. The quantitative estimate of drug-likeness (QED) is 0.0199. The summed E-state index contributed by atoms with van der Waals surface area (Å²) in [6.45, 7) is 53.9. The van der Waals surface area contributed by atoms with E-state index in [-0.39, 0.29) is 47.8 Å². The SMILES string of the molecule is CC(CCN)CCN.CCCC(C)(CN)CN.CCCC(C)(CN)CN.CCCC(CCN)CCN.CCCC(CN)(CN)CC(F)(F)F.CCCC(CN)(CN)CC(F)(F)F.CCCC(CN)(CN)CCC.CCCC(CN)(CN)CCC.CCCC(CN)CN.CCCCC(CN)CN.CCCCCN.CCCCN.CCCN.COCCC(CN)CN.COCCN. The van der Waals surface area contributed by atoms with Gasteiger partial charge in [0.05, 0.1) is 19.4 Å². The first-order valence-electron chi connectivity index (χ1n) is 50.8. The van der Waals surface area contributed by atoms with Crippen LogP contribution in [0, 0.1) is 62.1 Å². The van der Waals surface area contributed by atoms with Crippen molar-refractivity contribution in [2.24, 2.45) is 211 Å². The first-order valence-corrected chi connectivity index (χ1v) is 50.8. The second kappa shape index (κ2) is 125. The molecule has 130 heavy (non-hydrogen) atoms. The van der Waals surface area contributed by atoms with Crippen molar-refractivity contribution in [3.8, 4) is 0 Å². The molecule has 0 radical (unpaired) electrons. The highest BCUT2D eigenvalue weighted by atomic mass is 19.4. The summed E-state index contributed by atoms with van der Waals surface area (Å²) in [6, 6.07) is 0. The Hall–Kier alpha value is -1.54. The van der Waals surface area contributed by atoms with Crippen molar-refractivity contribution in [3.05, 3.63) is 0 Å². The van der Waals surface area contributed by atoms with Crippen LogP contribution in [0.1, 0.15) is 349 Å². The predicted octanol–water partition coefficient (Wildman–Crippen LogP) is 11.5. The van der Waals surface area contributed by atoms with Gasteiger partial charge in [-0.25, -0.2) is 0 Å². The lowest BCUT2D eigenvalue weighted by atomic mass is 9.79. The van der Waals surface area contributed by atoms with E-state index in [9.17, 15) is 26.3 Å². The average Bonchev–Trinajstić information content (AvgIpc) is 0.855. The van der Waals surface area contributed by atoms with Gasteiger partial charge in [-0.3, -0.25) is 0 Å². The Balaban J connectivity index is -0.0000000845. The third-order valence-corrected chi connectivity index (χ3v) is 22.5. The second-order valence-corrected chi connectivity index (χ2v) is 35.7. The molecule has 0 spiro atoms. The van der Waals surface area contributed by atoms with E-state index in [1.807, 2.05) is 13.8 Å². The highest BCUT2D eigenvalue weighted by Gasteiger charge is 2.41. The summed E-state index contributed by atoms with van der Waals surface area (Å²) in [4.78, 5) is 0. The van der Waals surface area contributed by atoms with Crippen molar-refractivity contribution in [1.82, 2.24) is 0 Å². The van der Waals surface area contributed by atoms with Crippen LogP contribution in [-0.4, -0.2) is 210 Å². The Morgan fingerprint density at radius 1 is 0.215 bits per heavy atom. The standard InChI is InChI=1S/2C9H22N2.2C8H17F3N2.C8H20N2.3C7H18N2.C6H16N2O.2C6H16N2.C5H13N.C4H11N.C3H9NO.C3H9N/c2*1-3-5-9(7-10,8-11)6-4-2;2*1-2-3-7(5-12,6-13)4-8(9,10)11;1-2-3-8(4-6-9)5-7-10;2*1-3-4-7(2,5-8)6-9;1-2-3-4-7(5-8)6-9;1-9-3-2-6(4-7)5-8;1-6(2-4-7)3-5-8;1-2-3-6(4-7)5-8;1-2-3-4-5-6;1-2-3-4-5;1-5-3-2-4;1-2-3-4/h2*3-8,10-11H2,1-2H3;2*2-6,12-13H2,1H3;8H,2-7,9-10H2,1H3;2*3-6,8-9H2,1-2H3;7H,2-6,8-9H2,1H3;6H,2-5,7-8H2,1H3;2*6H,2-5,7-8H2,1H3;2-6H2,1H3;2-5H2,1H3;2-4H2,1H3;2-4H2,1H3. The Bertz CT molecular complexity index is 1740. The number of rotatable bonds is 62. The van der Waals surface area contributed by atoms with Crippen molar-refractivity contribution in [1.29, 1.82) is 0 Å². The molecular formula is C96H242F6N26O2. The smallest absolute Gasteiger partial charge is 0.385 e. The molecule has 0 unspecified atom stereocenters. The van der Waals surface area contributed by atoms with E-state index < -0.39 is 36.0 Å². The zero-order chi connectivity index (χ0) is 105. The van der Waals surface area contributed by atoms with Crippen molar-refractivity contribution in [2.45, 2.75) is 361 Å². The van der Waals surface area contributed by atoms with Gasteiger partial charge in [0.15, 0.2) is 0 Å². The van der Waals surface area contributed by atoms with Gasteiger partial charge in [-0.15, -0.1) is 0 Å². The fourth-order valence-corrected chi connectivity index (χ4v) is 13.0. The first kappa shape index (κ1) is 162. The van der Waals surface area contributed by atoms with E-state index in [1.54, 1.807) is 14.2 Å². The van der Waals surface area contributed by atoms with Crippen LogP contribution in [0.15, 0.2) is 0 Å². The number of methoxy groups -OCH3 is 2. The third kappa shape index (κ3) is 129. The maximum Gasteiger partial charge on any atom is 0.389 e. The molecule has 0 amide bonds. The molecule has 52 N–H and O–H groups in total. The Labute approximate surface area is 802 Å². The van der Waals surface area contributed by atoms with Crippen LogP contribution >= 0.6 is 0 Å². The summed E-state index contributed by atoms with van der Waals surface area (Å²) in [6.07, 6.45) is 27.5. The molecule has 0 rings (SSSR count). The number of nitrogens with two attached hydrogens (primary N) is 26. The van der Waals surface area contributed by atoms with E-state index in [2.05, 4.69) is 109 Å². The minimum absolute atomic E-state index is 0.00313. The van der Waals surface area contributed by atoms with Crippen LogP contribution in [-0.2, 0) is 9.47 Å². The summed E-state index contributed by atoms with van der Waals surface area (Å²) >= 11 is 0. The van der Waals surface area contributed by atoms with Gasteiger partial charge in [-0.1, -0.05) is 220 Å². The van der Waals surface area contributed by atoms with E-state index in [0.717, 1.165) is 162 Å². The van der Waals surface area contributed by atoms with E-state index in [0.29, 0.717) is 102 Å². The summed E-state index contributed by atoms with van der Waals surface area (Å²) in [7, 11) is 3.32. The van der Waals surface area contributed by atoms with Crippen molar-refractivity contribution >= 4 is 0 Å². The van der Waals surface area contributed by atoms with Gasteiger partial charge in [0.25, 0.3) is 0 Å². The Kier molecular flexibility index (Phi) is 156. The summed E-state index contributed by atoms with van der Waals surface area (Å²) in [5, 5.41) is 0. The predicted molar refractivity (Wildman–Crippen MR) is 566 cm³/mol. The van der Waals surface area contributed by atoms with Crippen LogP contribution in [0.2, 0.25) is 0 Å². The largest absolute Gasteiger partial charge is 0.389 e. The molecule has 0 aliphatic rings. The molecule has 0 aromatic rings. The Morgan fingerprint density at radius 3 is 0.608 bits per heavy atom. The molecule has 0 aromatic carbocycles. The van der Waals surface area contributed by atoms with Crippen molar-refractivity contribution < 1.29 is 35.8 Å². The van der Waals surface area contributed by atoms with Gasteiger partial charge >= 0.3 is 12.4 Å². The van der Waals surface area contributed by atoms with Crippen LogP contribution in [0.3, 0.4) is 0 Å². The van der Waals surface area contributed by atoms with Crippen LogP contribution in [0.25, 0.3) is 0 Å². The molecule has 0 heterocycles. The summed E-state index contributed by atoms with van der Waals surface area (Å²) in [5.74, 6) is 3.04. The molecule has 0 bridgehead atoms. The molecule has 810 valence electrons. The first-order chi connectivity index (χ1) is 61.5. The molecule has 34 heteroatoms. The lowest BCUT2D eigenvalue weighted by Crippen LogP contribution is -2.41. The van der Waals surface area contributed by atoms with Crippen LogP contribution < -0.4 is 149 Å². The number of hydrogen-bond acceptors (Lipinski definition) is 28. The number of alkyl halides is 6. The molecule has 0 aromatic heterocycles. The van der Waals surface area contributed by atoms with Gasteiger partial charge in [0, 0.05) is 38.2 Å². The van der Waals surface area contributed by atoms with Crippen molar-refractivity contribution in [2.75, 3.05) is 198 Å². The van der Waals surface area contributed by atoms with Gasteiger partial charge < -0.3 is 159 Å². The number of unbranched alkanes of at least 4 members (excludes halogenated alkanes) is 4. The van der Waals surface area contributed by atoms with Gasteiger partial charge in [0.2, 0.25) is 0 Å². The van der Waals surface area contributed by atoms with Crippen LogP contribution in [0.5, 0.6) is 0 Å². The lowest BCUT2D eigenvalue weighted by molar-refractivity contribution is -0.158. The highest BCUT2D eigenvalue weighted by molar-refractivity contribution is 4.86. The highest BCUT2D eigenvalue weighted by Crippen LogP contribution is 2.37. The van der Waals surface area contributed by atoms with Gasteiger partial charge in [0.1, 0.15) is 0 Å². The number of ether oxygens (including phenoxy) is 2. The van der Waals surface area contributed by atoms with Gasteiger partial charge in [-0.2, -0.15) is 26.3 Å². The zero-order valence-corrected chi connectivity index (χ0v) is 89.2. The molecule has 0 aliphatic carbocycles. The monoisotopic (exact) mass is 1910 g/mol. The second-order valence-electron chi connectivity index (χ2n) is 35.7. The van der Waals surface area contributed by atoms with E-state index >= 15 is 0 Å². The number of hydrogen-bond donors (Lipinski definition) is 26. The molecule has 0 atom stereocenters. The maximum absolute atomic E-state index is 12.1. The van der Waals surface area contributed by atoms with E-state index in [1.165, 1.54) is 141 Å². The topological polar surface area (TPSA) is 695 Å². The maximum atomic E-state index is 12.1. The minimum Gasteiger partial charge on any atom is -0.385 e. The summed E-state index contributed by atoms with van der Waals surface area (Å²) in [5.41, 5.74) is 140. The molecule has 0 saturated carbocycles. The summed E-state index contributed by atoms with van der Waals surface area (Å²) < 4.78 is 82.3. The number of halogens is 6. The zero-order valence-electron chi connectivity index (χ0n) is 89.2. The molecular weight excluding hydrogens is 1660 g/mol. The van der Waals surface area contributed by atoms with E-state index in [4.69, 9.17) is 154 Å². The lowest BCUT2D eigenvalue weighted by Gasteiger charge is -2.31. The normalized spacial score (nSPS) is 11.3. The minimum atomic E-state index is -4.17. The molecule has 0 aliphatic heterocycles. The van der Waals surface area contributed by atoms with Crippen molar-refractivity contribution in [3.63, 3.8) is 0 Å². The molecule has 0 fully saturated rings. The van der Waals surface area contributed by atoms with Crippen LogP contribution in [0.4, 0.5) is 26.3 Å². The fraction of sp³-hybridized carbons (Fsp3) is 1.00. The molecule has 0 saturated heterocycles.